The first-order chi connectivity index (χ1) is 11.6. The van der Waals surface area contributed by atoms with Crippen molar-refractivity contribution in [1.29, 1.82) is 0 Å². The normalized spacial score (nSPS) is 17.5. The highest BCUT2D eigenvalue weighted by atomic mass is 19.1. The van der Waals surface area contributed by atoms with Gasteiger partial charge in [-0.25, -0.2) is 4.39 Å². The molecular weight excluding hydrogens is 309 g/mol. The summed E-state index contributed by atoms with van der Waals surface area (Å²) in [6, 6.07) is 9.55. The first kappa shape index (κ1) is 16.1. The average Bonchev–Trinajstić information content (AvgIpc) is 2.56. The Morgan fingerprint density at radius 2 is 2.21 bits per heavy atom. The van der Waals surface area contributed by atoms with Gasteiger partial charge in [-0.15, -0.1) is 0 Å². The van der Waals surface area contributed by atoms with E-state index in [0.29, 0.717) is 13.1 Å². The summed E-state index contributed by atoms with van der Waals surface area (Å²) in [6.45, 7) is 2.70. The molecule has 1 N–H and O–H groups in total. The van der Waals surface area contributed by atoms with Gasteiger partial charge in [0.25, 0.3) is 0 Å². The molecule has 124 valence electrons. The molecule has 24 heavy (non-hydrogen) atoms. The van der Waals surface area contributed by atoms with Crippen molar-refractivity contribution in [3.63, 3.8) is 0 Å². The highest BCUT2D eigenvalue weighted by Crippen LogP contribution is 2.25. The van der Waals surface area contributed by atoms with E-state index in [2.05, 4.69) is 10.3 Å². The van der Waals surface area contributed by atoms with Crippen LogP contribution in [0.1, 0.15) is 22.9 Å². The Bertz CT molecular complexity index is 778. The summed E-state index contributed by atoms with van der Waals surface area (Å²) in [5, 5.41) is 2.79. The third-order valence-electron chi connectivity index (χ3n) is 4.04. The molecule has 1 fully saturated rings. The van der Waals surface area contributed by atoms with E-state index < -0.39 is 11.9 Å². The zero-order valence-electron chi connectivity index (χ0n) is 13.3. The zero-order valence-corrected chi connectivity index (χ0v) is 13.3. The monoisotopic (exact) mass is 327 g/mol. The molecule has 3 rings (SSSR count). The minimum Gasteiger partial charge on any atom is -0.352 e. The summed E-state index contributed by atoms with van der Waals surface area (Å²) < 4.78 is 13.8. The molecule has 2 amide bonds. The Kier molecular flexibility index (Phi) is 4.55. The summed E-state index contributed by atoms with van der Waals surface area (Å²) in [5.41, 5.74) is 1.85. The Balaban J connectivity index is 1.87. The van der Waals surface area contributed by atoms with Gasteiger partial charge in [0, 0.05) is 19.3 Å². The molecule has 1 atom stereocenters. The minimum absolute atomic E-state index is 0.0940. The molecule has 2 aromatic rings. The molecule has 6 heteroatoms. The van der Waals surface area contributed by atoms with Crippen LogP contribution in [0.25, 0.3) is 0 Å². The Labute approximate surface area is 139 Å². The van der Waals surface area contributed by atoms with E-state index in [0.717, 1.165) is 11.1 Å². The Morgan fingerprint density at radius 3 is 2.96 bits per heavy atom. The number of amides is 2. The van der Waals surface area contributed by atoms with Crippen molar-refractivity contribution in [2.45, 2.75) is 19.4 Å². The number of carbonyl (C=O) groups is 2. The summed E-state index contributed by atoms with van der Waals surface area (Å²) in [7, 11) is 0. The number of carbonyl (C=O) groups excluding carboxylic acids is 2. The fraction of sp³-hybridized carbons (Fsp3) is 0.278. The van der Waals surface area contributed by atoms with Gasteiger partial charge in [-0.3, -0.25) is 14.6 Å². The second-order valence-electron chi connectivity index (χ2n) is 5.80. The highest BCUT2D eigenvalue weighted by Gasteiger charge is 2.34. The molecule has 1 unspecified atom stereocenters. The molecule has 5 nitrogen and oxygen atoms in total. The quantitative estimate of drug-likeness (QED) is 0.934. The van der Waals surface area contributed by atoms with Crippen molar-refractivity contribution in [1.82, 2.24) is 15.2 Å². The first-order valence-corrected chi connectivity index (χ1v) is 7.79. The fourth-order valence-electron chi connectivity index (χ4n) is 2.90. The van der Waals surface area contributed by atoms with Crippen LogP contribution in [0.15, 0.2) is 42.6 Å². The molecular formula is C18H18FN3O2. The minimum atomic E-state index is -0.696. The van der Waals surface area contributed by atoms with E-state index in [1.165, 1.54) is 23.2 Å². The number of nitrogens with zero attached hydrogens (tertiary/aromatic N) is 2. The lowest BCUT2D eigenvalue weighted by Gasteiger charge is -2.35. The number of hydrogen-bond acceptors (Lipinski definition) is 3. The SMILES string of the molecule is Cc1cccc(C2C(=O)NCCN2C(=O)Cc2ncccc2F)c1. The van der Waals surface area contributed by atoms with Crippen molar-refractivity contribution >= 4 is 11.8 Å². The third kappa shape index (κ3) is 3.27. The topological polar surface area (TPSA) is 62.3 Å². The predicted molar refractivity (Wildman–Crippen MR) is 86.5 cm³/mol. The van der Waals surface area contributed by atoms with Gasteiger partial charge in [-0.2, -0.15) is 0 Å². The molecule has 1 aliphatic heterocycles. The van der Waals surface area contributed by atoms with Crippen LogP contribution < -0.4 is 5.32 Å². The van der Waals surface area contributed by atoms with Gasteiger partial charge in [0.15, 0.2) is 0 Å². The van der Waals surface area contributed by atoms with Crippen LogP contribution in [0, 0.1) is 12.7 Å². The number of halogens is 1. The van der Waals surface area contributed by atoms with Gasteiger partial charge >= 0.3 is 0 Å². The van der Waals surface area contributed by atoms with Crippen LogP contribution in [0.3, 0.4) is 0 Å². The van der Waals surface area contributed by atoms with Crippen molar-refractivity contribution in [2.75, 3.05) is 13.1 Å². The molecule has 1 aromatic carbocycles. The van der Waals surface area contributed by atoms with Crippen molar-refractivity contribution < 1.29 is 14.0 Å². The third-order valence-corrected chi connectivity index (χ3v) is 4.04. The summed E-state index contributed by atoms with van der Waals surface area (Å²) in [6.07, 6.45) is 1.29. The largest absolute Gasteiger partial charge is 0.352 e. The van der Waals surface area contributed by atoms with E-state index in [9.17, 15) is 14.0 Å². The molecule has 0 spiro atoms. The summed E-state index contributed by atoms with van der Waals surface area (Å²) in [5.74, 6) is -1.05. The first-order valence-electron chi connectivity index (χ1n) is 7.79. The van der Waals surface area contributed by atoms with Crippen molar-refractivity contribution in [2.24, 2.45) is 0 Å². The van der Waals surface area contributed by atoms with Crippen LogP contribution in [-0.2, 0) is 16.0 Å². The number of nitrogens with one attached hydrogen (secondary N) is 1. The lowest BCUT2D eigenvalue weighted by molar-refractivity contribution is -0.143. The molecule has 1 saturated heterocycles. The van der Waals surface area contributed by atoms with Crippen LogP contribution >= 0.6 is 0 Å². The molecule has 1 aliphatic rings. The molecule has 1 aromatic heterocycles. The number of aryl methyl sites for hydroxylation is 1. The van der Waals surface area contributed by atoms with E-state index in [1.807, 2.05) is 31.2 Å². The zero-order chi connectivity index (χ0) is 17.1. The molecule has 0 saturated carbocycles. The highest BCUT2D eigenvalue weighted by molar-refractivity contribution is 5.90. The van der Waals surface area contributed by atoms with Gasteiger partial charge in [-0.1, -0.05) is 29.8 Å². The number of hydrogen-bond donors (Lipinski definition) is 1. The number of rotatable bonds is 3. The predicted octanol–water partition coefficient (Wildman–Crippen LogP) is 1.77. The summed E-state index contributed by atoms with van der Waals surface area (Å²) in [4.78, 5) is 30.4. The van der Waals surface area contributed by atoms with Gasteiger partial charge in [0.05, 0.1) is 12.1 Å². The van der Waals surface area contributed by atoms with E-state index in [1.54, 1.807) is 0 Å². The molecule has 2 heterocycles. The van der Waals surface area contributed by atoms with Gasteiger partial charge < -0.3 is 10.2 Å². The van der Waals surface area contributed by atoms with E-state index in [-0.39, 0.29) is 23.9 Å². The van der Waals surface area contributed by atoms with Crippen LogP contribution in [0.5, 0.6) is 0 Å². The van der Waals surface area contributed by atoms with Gasteiger partial charge in [-0.05, 0) is 24.6 Å². The van der Waals surface area contributed by atoms with Crippen LogP contribution in [0.4, 0.5) is 4.39 Å². The average molecular weight is 327 g/mol. The fourth-order valence-corrected chi connectivity index (χ4v) is 2.90. The van der Waals surface area contributed by atoms with E-state index >= 15 is 0 Å². The Hall–Kier alpha value is -2.76. The number of pyridine rings is 1. The van der Waals surface area contributed by atoms with E-state index in [4.69, 9.17) is 0 Å². The standard InChI is InChI=1S/C18H18FN3O2/c1-12-4-2-5-13(10-12)17-18(24)21-8-9-22(17)16(23)11-15-14(19)6-3-7-20-15/h2-7,10,17H,8-9,11H2,1H3,(H,21,24). The maximum Gasteiger partial charge on any atom is 0.247 e. The second-order valence-corrected chi connectivity index (χ2v) is 5.80. The van der Waals surface area contributed by atoms with Crippen LogP contribution in [-0.4, -0.2) is 34.8 Å². The maximum absolute atomic E-state index is 13.8. The van der Waals surface area contributed by atoms with Crippen LogP contribution in [0.2, 0.25) is 0 Å². The van der Waals surface area contributed by atoms with Crippen molar-refractivity contribution in [3.05, 3.63) is 65.2 Å². The number of piperazine rings is 1. The summed E-state index contributed by atoms with van der Waals surface area (Å²) >= 11 is 0. The maximum atomic E-state index is 13.8. The second kappa shape index (κ2) is 6.78. The molecule has 0 bridgehead atoms. The van der Waals surface area contributed by atoms with Gasteiger partial charge in [0.2, 0.25) is 11.8 Å². The molecule has 0 radical (unpaired) electrons. The van der Waals surface area contributed by atoms with Gasteiger partial charge in [0.1, 0.15) is 11.9 Å². The lowest BCUT2D eigenvalue weighted by Crippen LogP contribution is -2.52. The van der Waals surface area contributed by atoms with Crippen molar-refractivity contribution in [3.8, 4) is 0 Å². The molecule has 0 aliphatic carbocycles. The smallest absolute Gasteiger partial charge is 0.247 e. The number of benzene rings is 1. The number of aromatic nitrogens is 1. The lowest BCUT2D eigenvalue weighted by atomic mass is 10.00. The Morgan fingerprint density at radius 1 is 1.38 bits per heavy atom.